The summed E-state index contributed by atoms with van der Waals surface area (Å²) in [4.78, 5) is 0. The first-order valence-electron chi connectivity index (χ1n) is 6.09. The molecule has 13 heavy (non-hydrogen) atoms. The van der Waals surface area contributed by atoms with Crippen molar-refractivity contribution in [3.8, 4) is 0 Å². The van der Waals surface area contributed by atoms with E-state index >= 15 is 0 Å². The van der Waals surface area contributed by atoms with E-state index in [2.05, 4.69) is 20.8 Å². The summed E-state index contributed by atoms with van der Waals surface area (Å²) in [5.41, 5.74) is 0. The molecule has 0 bridgehead atoms. The molecule has 78 valence electrons. The molecule has 1 fully saturated rings. The monoisotopic (exact) mass is 181 g/mol. The lowest BCUT2D eigenvalue weighted by atomic mass is 9.87. The van der Waals surface area contributed by atoms with Gasteiger partial charge in [-0.25, -0.2) is 12.8 Å². The second kappa shape index (κ2) is 5.67. The van der Waals surface area contributed by atoms with Crippen LogP contribution < -0.4 is 0 Å². The first-order valence-corrected chi connectivity index (χ1v) is 6.09. The van der Waals surface area contributed by atoms with Gasteiger partial charge < -0.3 is 5.92 Å². The van der Waals surface area contributed by atoms with Crippen LogP contribution in [0.5, 0.6) is 0 Å². The zero-order chi connectivity index (χ0) is 9.68. The van der Waals surface area contributed by atoms with Gasteiger partial charge in [-0.2, -0.15) is 6.42 Å². The Kier molecular flexibility index (Phi) is 4.83. The molecule has 0 heteroatoms. The van der Waals surface area contributed by atoms with E-state index in [1.165, 1.54) is 44.9 Å². The average Bonchev–Trinajstić information content (AvgIpc) is 2.88. The first-order chi connectivity index (χ1) is 6.26. The third-order valence-electron chi connectivity index (χ3n) is 3.31. The second-order valence-electron chi connectivity index (χ2n) is 4.86. The first kappa shape index (κ1) is 11.1. The zero-order valence-corrected chi connectivity index (χ0v) is 9.60. The molecule has 1 aliphatic carbocycles. The maximum absolute atomic E-state index is 2.40. The Hall–Kier alpha value is 0. The van der Waals surface area contributed by atoms with Crippen LogP contribution in [0.25, 0.3) is 0 Å². The summed E-state index contributed by atoms with van der Waals surface area (Å²) >= 11 is 0. The van der Waals surface area contributed by atoms with Gasteiger partial charge in [0.25, 0.3) is 0 Å². The zero-order valence-electron chi connectivity index (χ0n) is 9.60. The molecule has 0 saturated heterocycles. The average molecular weight is 181 g/mol. The van der Waals surface area contributed by atoms with Crippen molar-refractivity contribution in [2.24, 2.45) is 11.8 Å². The van der Waals surface area contributed by atoms with Gasteiger partial charge in [0.2, 0.25) is 0 Å². The van der Waals surface area contributed by atoms with Crippen LogP contribution >= 0.6 is 0 Å². The maximum Gasteiger partial charge on any atom is -0.0444 e. The SMILES string of the molecule is CCCC(C[C-]1CC1)CC(C)CC. The van der Waals surface area contributed by atoms with Crippen LogP contribution in [0, 0.1) is 17.8 Å². The molecular weight excluding hydrogens is 156 g/mol. The highest BCUT2D eigenvalue weighted by Gasteiger charge is 2.14. The Morgan fingerprint density at radius 1 is 1.23 bits per heavy atom. The molecule has 0 spiro atoms. The summed E-state index contributed by atoms with van der Waals surface area (Å²) in [6.07, 6.45) is 9.99. The molecule has 0 aromatic carbocycles. The summed E-state index contributed by atoms with van der Waals surface area (Å²) in [6, 6.07) is 0. The second-order valence-corrected chi connectivity index (χ2v) is 4.86. The summed E-state index contributed by atoms with van der Waals surface area (Å²) in [6.45, 7) is 7.04. The van der Waals surface area contributed by atoms with E-state index in [0.717, 1.165) is 11.8 Å². The largest absolute Gasteiger partial charge is 0.318 e. The molecule has 0 N–H and O–H groups in total. The van der Waals surface area contributed by atoms with Crippen molar-refractivity contribution in [3.05, 3.63) is 5.92 Å². The van der Waals surface area contributed by atoms with Gasteiger partial charge in [-0.3, -0.25) is 0 Å². The minimum Gasteiger partial charge on any atom is -0.318 e. The topological polar surface area (TPSA) is 0 Å². The molecule has 1 rings (SSSR count). The fraction of sp³-hybridized carbons (Fsp3) is 0.923. The van der Waals surface area contributed by atoms with E-state index in [4.69, 9.17) is 0 Å². The molecule has 0 heterocycles. The van der Waals surface area contributed by atoms with Crippen LogP contribution in [0.1, 0.15) is 65.7 Å². The summed E-state index contributed by atoms with van der Waals surface area (Å²) < 4.78 is 0. The Labute approximate surface area is 84.1 Å². The molecule has 0 amide bonds. The van der Waals surface area contributed by atoms with Gasteiger partial charge in [0.15, 0.2) is 0 Å². The highest BCUT2D eigenvalue weighted by molar-refractivity contribution is 5.05. The number of hydrogen-bond donors (Lipinski definition) is 0. The Balaban J connectivity index is 2.18. The summed E-state index contributed by atoms with van der Waals surface area (Å²) in [7, 11) is 0. The van der Waals surface area contributed by atoms with Gasteiger partial charge in [-0.1, -0.05) is 52.4 Å². The minimum atomic E-state index is 0.941. The van der Waals surface area contributed by atoms with Gasteiger partial charge in [-0.15, -0.1) is 0 Å². The molecule has 0 aromatic rings. The van der Waals surface area contributed by atoms with Gasteiger partial charge in [0.1, 0.15) is 0 Å². The van der Waals surface area contributed by atoms with Crippen molar-refractivity contribution >= 4 is 0 Å². The molecular formula is C13H25-. The highest BCUT2D eigenvalue weighted by atomic mass is 14.3. The highest BCUT2D eigenvalue weighted by Crippen LogP contribution is 2.40. The van der Waals surface area contributed by atoms with Crippen LogP contribution in [0.4, 0.5) is 0 Å². The van der Waals surface area contributed by atoms with Gasteiger partial charge in [0.05, 0.1) is 0 Å². The molecule has 0 aromatic heterocycles. The molecule has 1 aliphatic rings. The van der Waals surface area contributed by atoms with E-state index in [1.54, 1.807) is 0 Å². The van der Waals surface area contributed by atoms with E-state index in [-0.39, 0.29) is 0 Å². The summed E-state index contributed by atoms with van der Waals surface area (Å²) in [5, 5.41) is 0. The van der Waals surface area contributed by atoms with Crippen LogP contribution in [-0.4, -0.2) is 0 Å². The van der Waals surface area contributed by atoms with Crippen LogP contribution in [0.15, 0.2) is 0 Å². The van der Waals surface area contributed by atoms with E-state index < -0.39 is 0 Å². The molecule has 2 unspecified atom stereocenters. The molecule has 0 nitrogen and oxygen atoms in total. The molecule has 0 radical (unpaired) electrons. The van der Waals surface area contributed by atoms with Crippen molar-refractivity contribution < 1.29 is 0 Å². The predicted octanol–water partition coefficient (Wildman–Crippen LogP) is 4.60. The smallest absolute Gasteiger partial charge is 0.0444 e. The van der Waals surface area contributed by atoms with Crippen molar-refractivity contribution in [2.75, 3.05) is 0 Å². The van der Waals surface area contributed by atoms with Gasteiger partial charge in [-0.05, 0) is 5.92 Å². The van der Waals surface area contributed by atoms with Crippen LogP contribution in [-0.2, 0) is 0 Å². The predicted molar refractivity (Wildman–Crippen MR) is 59.6 cm³/mol. The fourth-order valence-corrected chi connectivity index (χ4v) is 2.15. The minimum absolute atomic E-state index is 0.941. The lowest BCUT2D eigenvalue weighted by molar-refractivity contribution is 0.354. The van der Waals surface area contributed by atoms with Crippen molar-refractivity contribution in [3.63, 3.8) is 0 Å². The van der Waals surface area contributed by atoms with Crippen LogP contribution in [0.2, 0.25) is 0 Å². The van der Waals surface area contributed by atoms with Gasteiger partial charge in [0, 0.05) is 0 Å². The lowest BCUT2D eigenvalue weighted by Gasteiger charge is -2.24. The van der Waals surface area contributed by atoms with E-state index in [0.29, 0.717) is 0 Å². The van der Waals surface area contributed by atoms with Crippen molar-refractivity contribution in [2.45, 2.75) is 65.7 Å². The number of rotatable bonds is 7. The number of hydrogen-bond acceptors (Lipinski definition) is 0. The lowest BCUT2D eigenvalue weighted by Crippen LogP contribution is -2.06. The quantitative estimate of drug-likeness (QED) is 0.504. The fourth-order valence-electron chi connectivity index (χ4n) is 2.15. The summed E-state index contributed by atoms with van der Waals surface area (Å²) in [5.74, 6) is 3.80. The maximum atomic E-state index is 2.40. The standard InChI is InChI=1S/C13H25/c1-4-6-13(9-11(3)5-2)10-12-7-8-12/h11,13H,4-10H2,1-3H3/q-1. The van der Waals surface area contributed by atoms with Crippen molar-refractivity contribution in [1.82, 2.24) is 0 Å². The Morgan fingerprint density at radius 2 is 1.92 bits per heavy atom. The third kappa shape index (κ3) is 4.69. The van der Waals surface area contributed by atoms with Crippen molar-refractivity contribution in [1.29, 1.82) is 0 Å². The third-order valence-corrected chi connectivity index (χ3v) is 3.31. The molecule has 0 aliphatic heterocycles. The van der Waals surface area contributed by atoms with Gasteiger partial charge >= 0.3 is 0 Å². The van der Waals surface area contributed by atoms with E-state index in [9.17, 15) is 0 Å². The molecule has 1 saturated carbocycles. The van der Waals surface area contributed by atoms with Crippen LogP contribution in [0.3, 0.4) is 0 Å². The van der Waals surface area contributed by atoms with E-state index in [1.807, 2.05) is 5.92 Å². The molecule has 2 atom stereocenters. The normalized spacial score (nSPS) is 21.5. The Morgan fingerprint density at radius 3 is 2.38 bits per heavy atom. The Bertz CT molecular complexity index is 124.